The van der Waals surface area contributed by atoms with Crippen LogP contribution in [-0.2, 0) is 0 Å². The van der Waals surface area contributed by atoms with Crippen molar-refractivity contribution in [1.82, 2.24) is 9.97 Å². The van der Waals surface area contributed by atoms with Crippen LogP contribution in [0, 0.1) is 0 Å². The topological polar surface area (TPSA) is 92.7 Å². The highest BCUT2D eigenvalue weighted by atomic mass is 16.5. The van der Waals surface area contributed by atoms with Crippen molar-refractivity contribution < 1.29 is 19.1 Å². The number of rotatable bonds is 4. The average Bonchev–Trinajstić information content (AvgIpc) is 3.03. The Labute approximate surface area is 166 Å². The number of carbonyl (C=O) groups excluding carboxylic acids is 3. The molecule has 0 saturated heterocycles. The van der Waals surface area contributed by atoms with Crippen LogP contribution in [0.1, 0.15) is 31.2 Å². The second kappa shape index (κ2) is 7.16. The molecule has 0 radical (unpaired) electrons. The number of aromatic nitrogens is 2. The minimum absolute atomic E-state index is 0.0735. The van der Waals surface area contributed by atoms with Crippen molar-refractivity contribution in [3.8, 4) is 5.75 Å². The molecular weight excluding hydrogens is 372 g/mol. The van der Waals surface area contributed by atoms with Gasteiger partial charge >= 0.3 is 0 Å². The number of benzene rings is 2. The number of hydrogen-bond acceptors (Lipinski definition) is 6. The zero-order valence-electron chi connectivity index (χ0n) is 15.7. The summed E-state index contributed by atoms with van der Waals surface area (Å²) in [6.45, 7) is 0. The molecule has 8 heteroatoms. The van der Waals surface area contributed by atoms with Crippen LogP contribution in [0.2, 0.25) is 0 Å². The Morgan fingerprint density at radius 1 is 1.00 bits per heavy atom. The van der Waals surface area contributed by atoms with E-state index in [9.17, 15) is 14.4 Å². The van der Waals surface area contributed by atoms with Crippen molar-refractivity contribution in [3.05, 3.63) is 77.9 Å². The summed E-state index contributed by atoms with van der Waals surface area (Å²) in [7, 11) is 3.24. The van der Waals surface area contributed by atoms with Gasteiger partial charge in [0.1, 0.15) is 17.8 Å². The molecule has 0 unspecified atom stereocenters. The third kappa shape index (κ3) is 3.10. The lowest BCUT2D eigenvalue weighted by molar-refractivity contribution is 0.0923. The Kier molecular flexibility index (Phi) is 4.52. The largest absolute Gasteiger partial charge is 0.497 e. The van der Waals surface area contributed by atoms with E-state index in [4.69, 9.17) is 4.74 Å². The van der Waals surface area contributed by atoms with Gasteiger partial charge in [-0.1, -0.05) is 0 Å². The van der Waals surface area contributed by atoms with E-state index in [-0.39, 0.29) is 17.2 Å². The smallest absolute Gasteiger partial charge is 0.284 e. The van der Waals surface area contributed by atoms with Gasteiger partial charge in [-0.2, -0.15) is 0 Å². The van der Waals surface area contributed by atoms with E-state index in [1.54, 1.807) is 62.7 Å². The number of amides is 3. The molecule has 0 fully saturated rings. The normalized spacial score (nSPS) is 12.7. The van der Waals surface area contributed by atoms with Crippen LogP contribution in [0.15, 0.2) is 61.1 Å². The summed E-state index contributed by atoms with van der Waals surface area (Å²) in [6.07, 6.45) is 2.55. The number of fused-ring (bicyclic) bond motifs is 1. The molecule has 1 aliphatic heterocycles. The summed E-state index contributed by atoms with van der Waals surface area (Å²) in [5.74, 6) is -0.526. The highest BCUT2D eigenvalue weighted by Gasteiger charge is 2.38. The quantitative estimate of drug-likeness (QED) is 0.638. The van der Waals surface area contributed by atoms with Gasteiger partial charge in [0.15, 0.2) is 0 Å². The fraction of sp³-hybridized carbons (Fsp3) is 0.0952. The summed E-state index contributed by atoms with van der Waals surface area (Å²) in [5, 5.41) is 0. The molecule has 0 aliphatic carbocycles. The van der Waals surface area contributed by atoms with E-state index in [2.05, 4.69) is 9.97 Å². The monoisotopic (exact) mass is 388 g/mol. The fourth-order valence-corrected chi connectivity index (χ4v) is 3.08. The van der Waals surface area contributed by atoms with Crippen LogP contribution in [0.4, 0.5) is 11.4 Å². The van der Waals surface area contributed by atoms with Crippen LogP contribution < -0.4 is 14.5 Å². The van der Waals surface area contributed by atoms with Gasteiger partial charge in [-0.25, -0.2) is 14.9 Å². The van der Waals surface area contributed by atoms with Gasteiger partial charge in [0.2, 0.25) is 0 Å². The molecule has 0 saturated carbocycles. The Balaban J connectivity index is 1.56. The predicted molar refractivity (Wildman–Crippen MR) is 105 cm³/mol. The van der Waals surface area contributed by atoms with Crippen molar-refractivity contribution in [2.75, 3.05) is 24.0 Å². The molecule has 144 valence electrons. The maximum Gasteiger partial charge on any atom is 0.284 e. The van der Waals surface area contributed by atoms with E-state index in [1.807, 2.05) is 0 Å². The molecule has 29 heavy (non-hydrogen) atoms. The summed E-state index contributed by atoms with van der Waals surface area (Å²) in [6, 6.07) is 13.4. The Morgan fingerprint density at radius 3 is 2.31 bits per heavy atom. The number of nitrogens with zero attached hydrogens (tertiary/aromatic N) is 4. The number of hydrogen-bond donors (Lipinski definition) is 0. The maximum atomic E-state index is 12.8. The number of imide groups is 1. The average molecular weight is 388 g/mol. The third-order valence-electron chi connectivity index (χ3n) is 4.69. The SMILES string of the molecule is COc1ccc(N(C)C(=O)c2ccc(N3C(=O)c4cncnc4C3=O)cc2)cc1. The summed E-state index contributed by atoms with van der Waals surface area (Å²) < 4.78 is 5.13. The van der Waals surface area contributed by atoms with Gasteiger partial charge in [-0.15, -0.1) is 0 Å². The van der Waals surface area contributed by atoms with E-state index >= 15 is 0 Å². The minimum Gasteiger partial charge on any atom is -0.497 e. The van der Waals surface area contributed by atoms with Crippen molar-refractivity contribution in [2.45, 2.75) is 0 Å². The highest BCUT2D eigenvalue weighted by molar-refractivity contribution is 6.33. The Bertz CT molecular complexity index is 1080. The lowest BCUT2D eigenvalue weighted by Gasteiger charge is -2.19. The number of ether oxygens (including phenoxy) is 1. The fourth-order valence-electron chi connectivity index (χ4n) is 3.08. The van der Waals surface area contributed by atoms with Crippen LogP contribution in [0.25, 0.3) is 0 Å². The lowest BCUT2D eigenvalue weighted by Crippen LogP contribution is -2.30. The number of carbonyl (C=O) groups is 3. The summed E-state index contributed by atoms with van der Waals surface area (Å²) >= 11 is 0. The van der Waals surface area contributed by atoms with Gasteiger partial charge in [0.25, 0.3) is 17.7 Å². The second-order valence-corrected chi connectivity index (χ2v) is 6.34. The molecule has 0 spiro atoms. The highest BCUT2D eigenvalue weighted by Crippen LogP contribution is 2.27. The van der Waals surface area contributed by atoms with E-state index in [0.717, 1.165) is 4.90 Å². The van der Waals surface area contributed by atoms with Crippen molar-refractivity contribution in [2.24, 2.45) is 0 Å². The Morgan fingerprint density at radius 2 is 1.69 bits per heavy atom. The number of anilines is 2. The molecule has 4 rings (SSSR count). The van der Waals surface area contributed by atoms with Gasteiger partial charge < -0.3 is 9.64 Å². The second-order valence-electron chi connectivity index (χ2n) is 6.34. The molecule has 2 heterocycles. The first-order valence-electron chi connectivity index (χ1n) is 8.72. The molecule has 0 bridgehead atoms. The molecular formula is C21H16N4O4. The molecule has 2 aromatic carbocycles. The third-order valence-corrected chi connectivity index (χ3v) is 4.69. The van der Waals surface area contributed by atoms with Crippen LogP contribution >= 0.6 is 0 Å². The van der Waals surface area contributed by atoms with Gasteiger partial charge in [0.05, 0.1) is 18.4 Å². The van der Waals surface area contributed by atoms with Gasteiger partial charge in [-0.05, 0) is 48.5 Å². The molecule has 1 aromatic heterocycles. The lowest BCUT2D eigenvalue weighted by atomic mass is 10.1. The predicted octanol–water partition coefficient (Wildman–Crippen LogP) is 2.56. The van der Waals surface area contributed by atoms with E-state index in [1.165, 1.54) is 17.4 Å². The van der Waals surface area contributed by atoms with Crippen molar-refractivity contribution >= 4 is 29.1 Å². The number of methoxy groups -OCH3 is 1. The first-order valence-corrected chi connectivity index (χ1v) is 8.72. The zero-order chi connectivity index (χ0) is 20.5. The van der Waals surface area contributed by atoms with Gasteiger partial charge in [0, 0.05) is 24.5 Å². The first kappa shape index (κ1) is 18.3. The van der Waals surface area contributed by atoms with Gasteiger partial charge in [-0.3, -0.25) is 14.4 Å². The molecule has 3 amide bonds. The minimum atomic E-state index is -0.512. The molecule has 3 aromatic rings. The van der Waals surface area contributed by atoms with Crippen molar-refractivity contribution in [1.29, 1.82) is 0 Å². The zero-order valence-corrected chi connectivity index (χ0v) is 15.7. The van der Waals surface area contributed by atoms with Crippen LogP contribution in [0.3, 0.4) is 0 Å². The van der Waals surface area contributed by atoms with E-state index < -0.39 is 11.8 Å². The Hall–Kier alpha value is -4.07. The van der Waals surface area contributed by atoms with Crippen LogP contribution in [-0.4, -0.2) is 41.8 Å². The standard InChI is InChI=1S/C21H16N4O4/c1-24(14-7-9-16(29-2)10-8-14)19(26)13-3-5-15(6-4-13)25-20(27)17-11-22-12-23-18(17)21(25)28/h3-12H,1-2H3. The molecule has 0 N–H and O–H groups in total. The van der Waals surface area contributed by atoms with Crippen LogP contribution in [0.5, 0.6) is 5.75 Å². The molecule has 8 nitrogen and oxygen atoms in total. The molecule has 0 atom stereocenters. The summed E-state index contributed by atoms with van der Waals surface area (Å²) in [5.41, 5.74) is 1.73. The first-order chi connectivity index (χ1) is 14.0. The summed E-state index contributed by atoms with van der Waals surface area (Å²) in [4.78, 5) is 48.0. The molecule has 1 aliphatic rings. The van der Waals surface area contributed by atoms with E-state index in [0.29, 0.717) is 22.7 Å². The maximum absolute atomic E-state index is 12.8. The van der Waals surface area contributed by atoms with Crippen molar-refractivity contribution in [3.63, 3.8) is 0 Å².